The normalized spacial score (nSPS) is 25.1. The number of rotatable bonds is 7. The van der Waals surface area contributed by atoms with E-state index in [1.807, 2.05) is 6.07 Å². The summed E-state index contributed by atoms with van der Waals surface area (Å²) in [6, 6.07) is 3.36. The van der Waals surface area contributed by atoms with Gasteiger partial charge in [-0.15, -0.1) is 11.3 Å². The van der Waals surface area contributed by atoms with Crippen molar-refractivity contribution < 1.29 is 36.2 Å². The number of nitriles is 1. The van der Waals surface area contributed by atoms with E-state index in [1.165, 1.54) is 6.07 Å². The lowest BCUT2D eigenvalue weighted by Gasteiger charge is -2.48. The van der Waals surface area contributed by atoms with E-state index in [-0.39, 0.29) is 97.6 Å². The number of nitrogens with two attached hydrogens (primary N) is 1. The van der Waals surface area contributed by atoms with Crippen molar-refractivity contribution in [2.75, 3.05) is 43.5 Å². The molecule has 0 radical (unpaired) electrons. The van der Waals surface area contributed by atoms with Gasteiger partial charge in [0.2, 0.25) is 0 Å². The van der Waals surface area contributed by atoms with E-state index in [1.54, 1.807) is 4.90 Å². The van der Waals surface area contributed by atoms with Crippen LogP contribution in [0.15, 0.2) is 12.1 Å². The Morgan fingerprint density at radius 3 is 2.87 bits per heavy atom. The zero-order valence-electron chi connectivity index (χ0n) is 24.5. The number of nitrogen functional groups attached to an aromatic ring is 1. The van der Waals surface area contributed by atoms with Crippen LogP contribution in [0.4, 0.5) is 32.8 Å². The summed E-state index contributed by atoms with van der Waals surface area (Å²) in [5, 5.41) is 9.96. The molecule has 246 valence electrons. The van der Waals surface area contributed by atoms with Gasteiger partial charge in [0.1, 0.15) is 47.6 Å². The van der Waals surface area contributed by atoms with E-state index in [4.69, 9.17) is 26.8 Å². The van der Waals surface area contributed by atoms with Crippen LogP contribution >= 0.6 is 22.9 Å². The first-order chi connectivity index (χ1) is 22.6. The first-order valence-electron chi connectivity index (χ1n) is 15.1. The van der Waals surface area contributed by atoms with E-state index in [0.717, 1.165) is 30.4 Å². The number of halogens is 6. The summed E-state index contributed by atoms with van der Waals surface area (Å²) in [5.41, 5.74) is 5.14. The van der Waals surface area contributed by atoms with Crippen molar-refractivity contribution in [3.8, 4) is 29.0 Å². The highest BCUT2D eigenvalue weighted by Gasteiger charge is 2.50. The third-order valence-electron chi connectivity index (χ3n) is 9.78. The fourth-order valence-corrected chi connectivity index (χ4v) is 9.00. The Morgan fingerprint density at radius 1 is 1.26 bits per heavy atom. The molecular weight excluding hydrogens is 667 g/mol. The molecular formula is C31H26ClF5N6O3S. The van der Waals surface area contributed by atoms with Crippen LogP contribution in [0.25, 0.3) is 32.1 Å². The maximum atomic E-state index is 17.0. The predicted molar refractivity (Wildman–Crippen MR) is 165 cm³/mol. The number of anilines is 2. The summed E-state index contributed by atoms with van der Waals surface area (Å²) in [7, 11) is 0. The second-order valence-electron chi connectivity index (χ2n) is 12.4. The smallest absolute Gasteiger partial charge is 0.345 e. The number of nitrogens with zero attached hydrogens (tertiary/aromatic N) is 5. The molecule has 16 heteroatoms. The first-order valence-corrected chi connectivity index (χ1v) is 16.3. The van der Waals surface area contributed by atoms with E-state index < -0.39 is 36.0 Å². The highest BCUT2D eigenvalue weighted by Crippen LogP contribution is 2.52. The number of hydrogen-bond donors (Lipinski definition) is 1. The molecule has 47 heavy (non-hydrogen) atoms. The Hall–Kier alpha value is -3.71. The summed E-state index contributed by atoms with van der Waals surface area (Å²) in [6.45, 7) is -2.16. The van der Waals surface area contributed by atoms with Crippen molar-refractivity contribution >= 4 is 54.7 Å². The molecule has 8 rings (SSSR count). The number of alkyl halides is 3. The van der Waals surface area contributed by atoms with Crippen LogP contribution < -0.4 is 20.1 Å². The third-order valence-corrected chi connectivity index (χ3v) is 11.2. The van der Waals surface area contributed by atoms with Gasteiger partial charge >= 0.3 is 12.6 Å². The average Bonchev–Trinajstić information content (AvgIpc) is 3.64. The van der Waals surface area contributed by atoms with E-state index in [2.05, 4.69) is 19.6 Å². The highest BCUT2D eigenvalue weighted by molar-refractivity contribution is 7.23. The van der Waals surface area contributed by atoms with Crippen molar-refractivity contribution in [3.63, 3.8) is 0 Å². The molecule has 0 amide bonds. The van der Waals surface area contributed by atoms with Gasteiger partial charge in [0.05, 0.1) is 44.9 Å². The minimum absolute atomic E-state index is 0.0246. The summed E-state index contributed by atoms with van der Waals surface area (Å²) in [6.07, 6.45) is 1.29. The number of aromatic nitrogens is 2. The largest absolute Gasteiger partial charge is 0.489 e. The maximum Gasteiger partial charge on any atom is 0.345 e. The van der Waals surface area contributed by atoms with Crippen molar-refractivity contribution in [2.24, 2.45) is 0 Å². The molecule has 0 saturated carbocycles. The highest BCUT2D eigenvalue weighted by atomic mass is 35.5. The third kappa shape index (κ3) is 4.67. The number of ether oxygens (including phenoxy) is 3. The summed E-state index contributed by atoms with van der Waals surface area (Å²) < 4.78 is 89.4. The van der Waals surface area contributed by atoms with Crippen molar-refractivity contribution in [3.05, 3.63) is 34.4 Å². The molecule has 4 aliphatic heterocycles. The van der Waals surface area contributed by atoms with Gasteiger partial charge in [0.25, 0.3) is 0 Å². The maximum absolute atomic E-state index is 17.0. The fourth-order valence-electron chi connectivity index (χ4n) is 7.72. The van der Waals surface area contributed by atoms with Gasteiger partial charge in [0.15, 0.2) is 11.6 Å². The van der Waals surface area contributed by atoms with Gasteiger partial charge in [0, 0.05) is 23.9 Å². The second-order valence-corrected chi connectivity index (χ2v) is 13.8. The van der Waals surface area contributed by atoms with Crippen LogP contribution in [0.1, 0.15) is 31.2 Å². The molecule has 0 aliphatic carbocycles. The van der Waals surface area contributed by atoms with Crippen LogP contribution in [0.5, 0.6) is 11.8 Å². The molecule has 2 N–H and O–H groups in total. The van der Waals surface area contributed by atoms with Crippen LogP contribution in [0.3, 0.4) is 0 Å². The average molecular weight is 693 g/mol. The molecule has 0 unspecified atom stereocenters. The van der Waals surface area contributed by atoms with Gasteiger partial charge in [-0.1, -0.05) is 17.7 Å². The van der Waals surface area contributed by atoms with Gasteiger partial charge in [-0.2, -0.15) is 24.0 Å². The molecule has 3 saturated heterocycles. The molecule has 4 atom stereocenters. The minimum Gasteiger partial charge on any atom is -0.489 e. The Morgan fingerprint density at radius 2 is 2.09 bits per heavy atom. The van der Waals surface area contributed by atoms with Crippen molar-refractivity contribution in [1.82, 2.24) is 14.9 Å². The van der Waals surface area contributed by atoms with Crippen LogP contribution in [0, 0.1) is 23.0 Å². The lowest BCUT2D eigenvalue weighted by molar-refractivity contribution is -0.136. The number of fused-ring (bicyclic) bond motifs is 4. The molecule has 4 aromatic rings. The second kappa shape index (κ2) is 11.2. The minimum atomic E-state index is -2.99. The molecule has 9 nitrogen and oxygen atoms in total. The SMILES string of the molecule is N#Cc1c(N)sc2c(F)ccc(-c3c(Cl)c4c5c(nc(OC[C@@]67CCCN6C[C@H](F)C7)nc5c3F)N3[C@H](CO4)C[C@@H]3COC(F)F)c12. The standard InChI is InChI=1S/C31H26ClF5N6O3S/c32-22-20(16-2-3-18(34)26-19(16)17(8-38)27(39)47-26)23(35)24-21-25(22)44-10-14-6-15(11-45-29(36)37)43(14)28(21)41-30(40-24)46-12-31-4-1-5-42(31)9-13(33)7-31/h2-3,13-15,29H,1,4-7,9-12,39H2/t13-,14+,15-,31+/m1/s1. The Balaban J connectivity index is 1.32. The summed E-state index contributed by atoms with van der Waals surface area (Å²) in [4.78, 5) is 12.9. The van der Waals surface area contributed by atoms with Crippen LogP contribution in [-0.2, 0) is 4.74 Å². The quantitative estimate of drug-likeness (QED) is 0.219. The van der Waals surface area contributed by atoms with Gasteiger partial charge in [-0.3, -0.25) is 4.90 Å². The zero-order chi connectivity index (χ0) is 32.8. The van der Waals surface area contributed by atoms with E-state index in [0.29, 0.717) is 19.4 Å². The Bertz CT molecular complexity index is 1990. The molecule has 2 aromatic heterocycles. The van der Waals surface area contributed by atoms with Gasteiger partial charge in [-0.25, -0.2) is 13.2 Å². The lowest BCUT2D eigenvalue weighted by Crippen LogP contribution is -2.60. The molecule has 0 spiro atoms. The molecule has 4 aliphatic rings. The van der Waals surface area contributed by atoms with Crippen LogP contribution in [-0.4, -0.2) is 78.2 Å². The number of hydrogen-bond acceptors (Lipinski definition) is 10. The molecule has 3 fully saturated rings. The predicted octanol–water partition coefficient (Wildman–Crippen LogP) is 6.43. The van der Waals surface area contributed by atoms with Crippen LogP contribution in [0.2, 0.25) is 5.02 Å². The first kappa shape index (κ1) is 30.6. The van der Waals surface area contributed by atoms with E-state index in [9.17, 15) is 22.8 Å². The lowest BCUT2D eigenvalue weighted by atomic mass is 9.93. The van der Waals surface area contributed by atoms with E-state index >= 15 is 4.39 Å². The number of benzene rings is 2. The molecule has 6 heterocycles. The van der Waals surface area contributed by atoms with Gasteiger partial charge < -0.3 is 24.8 Å². The van der Waals surface area contributed by atoms with Crippen molar-refractivity contribution in [1.29, 1.82) is 5.26 Å². The zero-order valence-corrected chi connectivity index (χ0v) is 26.1. The molecule has 2 aromatic carbocycles. The number of thiophene rings is 1. The topological polar surface area (TPSA) is 110 Å². The Labute approximate surface area is 273 Å². The monoisotopic (exact) mass is 692 g/mol. The molecule has 0 bridgehead atoms. The van der Waals surface area contributed by atoms with Gasteiger partial charge in [-0.05, 0) is 37.4 Å². The summed E-state index contributed by atoms with van der Waals surface area (Å²) in [5.74, 6) is -1.35. The Kier molecular flexibility index (Phi) is 7.28. The van der Waals surface area contributed by atoms with Crippen molar-refractivity contribution in [2.45, 2.75) is 56.1 Å². The summed E-state index contributed by atoms with van der Waals surface area (Å²) >= 11 is 7.78. The fraction of sp³-hybridized carbons (Fsp3) is 0.452.